The van der Waals surface area contributed by atoms with Gasteiger partial charge in [0.05, 0.1) is 12.7 Å². The minimum absolute atomic E-state index is 0.0708. The molecular weight excluding hydrogens is 280 g/mol. The van der Waals surface area contributed by atoms with Gasteiger partial charge in [-0.1, -0.05) is 17.2 Å². The van der Waals surface area contributed by atoms with Crippen molar-refractivity contribution in [3.05, 3.63) is 47.1 Å². The third-order valence-electron chi connectivity index (χ3n) is 3.14. The summed E-state index contributed by atoms with van der Waals surface area (Å²) >= 11 is 0. The Hall–Kier alpha value is -2.23. The van der Waals surface area contributed by atoms with E-state index in [1.807, 2.05) is 6.08 Å². The fraction of sp³-hybridized carbons (Fsp3) is 0.389. The largest absolute Gasteiger partial charge is 0.504 e. The monoisotopic (exact) mass is 304 g/mol. The zero-order valence-corrected chi connectivity index (χ0v) is 13.7. The number of hydrogen-bond acceptors (Lipinski definition) is 4. The second-order valence-electron chi connectivity index (χ2n) is 5.36. The van der Waals surface area contributed by atoms with Gasteiger partial charge in [-0.15, -0.1) is 0 Å². The lowest BCUT2D eigenvalue weighted by Crippen LogP contribution is -2.01. The van der Waals surface area contributed by atoms with Crippen LogP contribution in [0.15, 0.2) is 41.5 Å². The van der Waals surface area contributed by atoms with Crippen LogP contribution in [0.4, 0.5) is 0 Å². The van der Waals surface area contributed by atoms with Gasteiger partial charge in [0, 0.05) is 0 Å². The highest BCUT2D eigenvalue weighted by molar-refractivity contribution is 5.90. The summed E-state index contributed by atoms with van der Waals surface area (Å²) in [6, 6.07) is 4.47. The number of hydrogen-bond donors (Lipinski definition) is 1. The zero-order chi connectivity index (χ0) is 16.5. The molecule has 0 atom stereocenters. The molecule has 0 aliphatic rings. The maximum absolute atomic E-state index is 11.3. The highest BCUT2D eigenvalue weighted by atomic mass is 16.5. The quantitative estimate of drug-likeness (QED) is 0.604. The van der Waals surface area contributed by atoms with Gasteiger partial charge in [-0.05, 0) is 57.9 Å². The van der Waals surface area contributed by atoms with Gasteiger partial charge in [0.25, 0.3) is 0 Å². The standard InChI is InChI=1S/C18H24O4/c1-13(2)6-5-7-14(3)10-11-22-17-9-8-15(12-16(17)19)18(20)21-4/h6,8-10,12,19H,5,7,11H2,1-4H3. The van der Waals surface area contributed by atoms with Crippen LogP contribution in [-0.4, -0.2) is 24.8 Å². The Labute approximate surface area is 132 Å². The van der Waals surface area contributed by atoms with E-state index in [-0.39, 0.29) is 5.75 Å². The molecule has 0 amide bonds. The Morgan fingerprint density at radius 2 is 1.95 bits per heavy atom. The van der Waals surface area contributed by atoms with E-state index in [0.29, 0.717) is 17.9 Å². The highest BCUT2D eigenvalue weighted by Gasteiger charge is 2.09. The molecule has 0 bridgehead atoms. The van der Waals surface area contributed by atoms with E-state index in [4.69, 9.17) is 4.74 Å². The van der Waals surface area contributed by atoms with Crippen molar-refractivity contribution < 1.29 is 19.4 Å². The molecule has 0 aliphatic carbocycles. The van der Waals surface area contributed by atoms with Gasteiger partial charge in [-0.3, -0.25) is 0 Å². The third kappa shape index (κ3) is 6.04. The SMILES string of the molecule is COC(=O)c1ccc(OCC=C(C)CCC=C(C)C)c(O)c1. The lowest BCUT2D eigenvalue weighted by Gasteiger charge is -2.08. The maximum Gasteiger partial charge on any atom is 0.337 e. The average molecular weight is 304 g/mol. The predicted octanol–water partition coefficient (Wildman–Crippen LogP) is 4.25. The number of benzene rings is 1. The van der Waals surface area contributed by atoms with Crippen molar-refractivity contribution in [2.24, 2.45) is 0 Å². The second kappa shape index (κ2) is 8.93. The first kappa shape index (κ1) is 17.8. The molecule has 0 saturated heterocycles. The number of carbonyl (C=O) groups is 1. The van der Waals surface area contributed by atoms with E-state index < -0.39 is 5.97 Å². The number of rotatable bonds is 7. The van der Waals surface area contributed by atoms with Gasteiger partial charge in [0.2, 0.25) is 0 Å². The van der Waals surface area contributed by atoms with Crippen LogP contribution in [0.2, 0.25) is 0 Å². The summed E-state index contributed by atoms with van der Waals surface area (Å²) in [7, 11) is 1.30. The normalized spacial score (nSPS) is 11.0. The Bertz CT molecular complexity index is 566. The number of phenolic OH excluding ortho intramolecular Hbond substituents is 1. The molecular formula is C18H24O4. The lowest BCUT2D eigenvalue weighted by molar-refractivity contribution is 0.0600. The fourth-order valence-electron chi connectivity index (χ4n) is 1.85. The van der Waals surface area contributed by atoms with Crippen LogP contribution in [0.3, 0.4) is 0 Å². The molecule has 4 heteroatoms. The molecule has 0 saturated carbocycles. The Morgan fingerprint density at radius 3 is 2.55 bits per heavy atom. The molecule has 0 radical (unpaired) electrons. The van der Waals surface area contributed by atoms with Crippen molar-refractivity contribution in [3.8, 4) is 11.5 Å². The van der Waals surface area contributed by atoms with Crippen LogP contribution in [0.25, 0.3) is 0 Å². The van der Waals surface area contributed by atoms with Crippen molar-refractivity contribution in [3.63, 3.8) is 0 Å². The molecule has 0 aromatic heterocycles. The molecule has 4 nitrogen and oxygen atoms in total. The molecule has 1 rings (SSSR count). The number of carbonyl (C=O) groups excluding carboxylic acids is 1. The van der Waals surface area contributed by atoms with Crippen LogP contribution >= 0.6 is 0 Å². The van der Waals surface area contributed by atoms with Crippen molar-refractivity contribution in [2.75, 3.05) is 13.7 Å². The van der Waals surface area contributed by atoms with E-state index in [1.165, 1.54) is 24.3 Å². The Morgan fingerprint density at radius 1 is 1.23 bits per heavy atom. The molecule has 0 fully saturated rings. The van der Waals surface area contributed by atoms with Gasteiger partial charge in [0.1, 0.15) is 6.61 Å². The zero-order valence-electron chi connectivity index (χ0n) is 13.7. The number of methoxy groups -OCH3 is 1. The summed E-state index contributed by atoms with van der Waals surface area (Å²) in [5.74, 6) is -0.212. The average Bonchev–Trinajstić information content (AvgIpc) is 2.47. The Balaban J connectivity index is 2.54. The van der Waals surface area contributed by atoms with Crippen LogP contribution < -0.4 is 4.74 Å². The van der Waals surface area contributed by atoms with Gasteiger partial charge in [-0.25, -0.2) is 4.79 Å². The first-order valence-corrected chi connectivity index (χ1v) is 7.27. The molecule has 0 heterocycles. The summed E-state index contributed by atoms with van der Waals surface area (Å²) in [5, 5.41) is 9.84. The molecule has 22 heavy (non-hydrogen) atoms. The van der Waals surface area contributed by atoms with E-state index in [1.54, 1.807) is 12.1 Å². The van der Waals surface area contributed by atoms with Crippen molar-refractivity contribution in [1.82, 2.24) is 0 Å². The van der Waals surface area contributed by atoms with Crippen molar-refractivity contribution >= 4 is 5.97 Å². The van der Waals surface area contributed by atoms with Gasteiger partial charge in [0.15, 0.2) is 11.5 Å². The summed E-state index contributed by atoms with van der Waals surface area (Å²) in [6.45, 7) is 6.61. The molecule has 0 spiro atoms. The lowest BCUT2D eigenvalue weighted by atomic mass is 10.1. The van der Waals surface area contributed by atoms with Crippen LogP contribution in [0.1, 0.15) is 44.0 Å². The van der Waals surface area contributed by atoms with Crippen LogP contribution in [0, 0.1) is 0 Å². The number of esters is 1. The predicted molar refractivity (Wildman–Crippen MR) is 87.4 cm³/mol. The van der Waals surface area contributed by atoms with Crippen molar-refractivity contribution in [1.29, 1.82) is 0 Å². The van der Waals surface area contributed by atoms with Gasteiger partial charge >= 0.3 is 5.97 Å². The first-order chi connectivity index (χ1) is 10.4. The number of phenols is 1. The van der Waals surface area contributed by atoms with Crippen molar-refractivity contribution in [2.45, 2.75) is 33.6 Å². The molecule has 1 N–H and O–H groups in total. The van der Waals surface area contributed by atoms with Crippen LogP contribution in [0.5, 0.6) is 11.5 Å². The van der Waals surface area contributed by atoms with E-state index >= 15 is 0 Å². The molecule has 0 aliphatic heterocycles. The van der Waals surface area contributed by atoms with E-state index in [9.17, 15) is 9.90 Å². The number of aromatic hydroxyl groups is 1. The van der Waals surface area contributed by atoms with E-state index in [2.05, 4.69) is 31.6 Å². The fourth-order valence-corrected chi connectivity index (χ4v) is 1.85. The third-order valence-corrected chi connectivity index (χ3v) is 3.14. The maximum atomic E-state index is 11.3. The number of allylic oxidation sites excluding steroid dienone is 3. The minimum atomic E-state index is -0.489. The Kier molecular flexibility index (Phi) is 7.23. The second-order valence-corrected chi connectivity index (χ2v) is 5.36. The van der Waals surface area contributed by atoms with Gasteiger partial charge in [-0.2, -0.15) is 0 Å². The summed E-state index contributed by atoms with van der Waals surface area (Å²) in [6.07, 6.45) is 6.20. The molecule has 120 valence electrons. The summed E-state index contributed by atoms with van der Waals surface area (Å²) in [5.41, 5.74) is 2.85. The summed E-state index contributed by atoms with van der Waals surface area (Å²) < 4.78 is 10.1. The first-order valence-electron chi connectivity index (χ1n) is 7.27. The number of ether oxygens (including phenoxy) is 2. The van der Waals surface area contributed by atoms with Gasteiger partial charge < -0.3 is 14.6 Å². The minimum Gasteiger partial charge on any atom is -0.504 e. The molecule has 1 aromatic rings. The molecule has 1 aromatic carbocycles. The smallest absolute Gasteiger partial charge is 0.337 e. The highest BCUT2D eigenvalue weighted by Crippen LogP contribution is 2.27. The van der Waals surface area contributed by atoms with Crippen LogP contribution in [-0.2, 0) is 4.74 Å². The summed E-state index contributed by atoms with van der Waals surface area (Å²) in [4.78, 5) is 11.3. The molecule has 0 unspecified atom stereocenters. The topological polar surface area (TPSA) is 55.8 Å². The van der Waals surface area contributed by atoms with E-state index in [0.717, 1.165) is 12.8 Å².